The molecular formula is C20H23NOS. The van der Waals surface area contributed by atoms with Crippen LogP contribution in [0.3, 0.4) is 0 Å². The van der Waals surface area contributed by atoms with E-state index in [1.807, 2.05) is 36.5 Å². The molecule has 0 fully saturated rings. The first-order valence-electron chi connectivity index (χ1n) is 7.62. The van der Waals surface area contributed by atoms with Crippen molar-refractivity contribution in [2.45, 2.75) is 26.2 Å². The quantitative estimate of drug-likeness (QED) is 0.456. The lowest BCUT2D eigenvalue weighted by Gasteiger charge is -2.19. The molecular weight excluding hydrogens is 302 g/mol. The summed E-state index contributed by atoms with van der Waals surface area (Å²) in [6, 6.07) is 16.2. The zero-order valence-electron chi connectivity index (χ0n) is 14.1. The number of ether oxygens (including phenoxy) is 1. The Morgan fingerprint density at radius 1 is 1.00 bits per heavy atom. The Bertz CT molecular complexity index is 679. The van der Waals surface area contributed by atoms with Gasteiger partial charge in [-0.3, -0.25) is 0 Å². The van der Waals surface area contributed by atoms with Gasteiger partial charge in [-0.25, -0.2) is 0 Å². The van der Waals surface area contributed by atoms with Gasteiger partial charge in [0.05, 0.1) is 7.11 Å². The maximum absolute atomic E-state index is 5.47. The van der Waals surface area contributed by atoms with Crippen LogP contribution in [0.1, 0.15) is 31.9 Å². The molecule has 1 N–H and O–H groups in total. The van der Waals surface area contributed by atoms with E-state index in [1.54, 1.807) is 7.11 Å². The summed E-state index contributed by atoms with van der Waals surface area (Å²) < 4.78 is 5.14. The maximum atomic E-state index is 5.47. The summed E-state index contributed by atoms with van der Waals surface area (Å²) in [5.41, 5.74) is 3.52. The molecule has 2 aromatic rings. The van der Waals surface area contributed by atoms with Gasteiger partial charge in [0.25, 0.3) is 0 Å². The Balaban J connectivity index is 1.97. The summed E-state index contributed by atoms with van der Waals surface area (Å²) in [4.78, 5) is 0.812. The first kappa shape index (κ1) is 17.2. The average Bonchev–Trinajstić information content (AvgIpc) is 2.54. The number of thiocarbonyl (C=S) groups is 1. The van der Waals surface area contributed by atoms with Crippen LogP contribution in [-0.2, 0) is 5.41 Å². The van der Waals surface area contributed by atoms with Gasteiger partial charge in [-0.1, -0.05) is 57.3 Å². The number of methoxy groups -OCH3 is 1. The van der Waals surface area contributed by atoms with E-state index in [4.69, 9.17) is 17.0 Å². The van der Waals surface area contributed by atoms with Crippen LogP contribution in [0, 0.1) is 0 Å². The Morgan fingerprint density at radius 3 is 2.13 bits per heavy atom. The van der Waals surface area contributed by atoms with Gasteiger partial charge in [-0.05, 0) is 46.9 Å². The van der Waals surface area contributed by atoms with Crippen molar-refractivity contribution in [3.05, 3.63) is 71.9 Å². The molecule has 2 rings (SSSR count). The van der Waals surface area contributed by atoms with Crippen molar-refractivity contribution < 1.29 is 4.74 Å². The molecule has 0 radical (unpaired) electrons. The van der Waals surface area contributed by atoms with Crippen LogP contribution < -0.4 is 10.1 Å². The number of anilines is 1. The summed E-state index contributed by atoms with van der Waals surface area (Å²) in [5.74, 6) is 0.842. The van der Waals surface area contributed by atoms with Crippen molar-refractivity contribution in [1.82, 2.24) is 0 Å². The summed E-state index contributed by atoms with van der Waals surface area (Å²) in [6.07, 6.45) is 3.77. The fourth-order valence-corrected chi connectivity index (χ4v) is 2.34. The van der Waals surface area contributed by atoms with Crippen LogP contribution in [0.25, 0.3) is 0 Å². The molecule has 0 heterocycles. The zero-order chi connectivity index (χ0) is 16.9. The van der Waals surface area contributed by atoms with Gasteiger partial charge in [-0.2, -0.15) is 0 Å². The highest BCUT2D eigenvalue weighted by molar-refractivity contribution is 7.81. The third-order valence-electron chi connectivity index (χ3n) is 3.61. The third-order valence-corrected chi connectivity index (χ3v) is 3.98. The Kier molecular flexibility index (Phi) is 5.56. The van der Waals surface area contributed by atoms with E-state index in [1.165, 1.54) is 5.56 Å². The lowest BCUT2D eigenvalue weighted by atomic mass is 9.86. The molecule has 23 heavy (non-hydrogen) atoms. The first-order valence-corrected chi connectivity index (χ1v) is 8.03. The minimum atomic E-state index is 0.159. The molecule has 120 valence electrons. The van der Waals surface area contributed by atoms with Gasteiger partial charge in [0.2, 0.25) is 0 Å². The van der Waals surface area contributed by atoms with E-state index >= 15 is 0 Å². The van der Waals surface area contributed by atoms with Gasteiger partial charge in [0.1, 0.15) is 5.75 Å². The molecule has 0 aliphatic rings. The summed E-state index contributed by atoms with van der Waals surface area (Å²) >= 11 is 5.47. The van der Waals surface area contributed by atoms with Gasteiger partial charge in [0.15, 0.2) is 0 Å². The average molecular weight is 325 g/mol. The number of benzene rings is 2. The SMILES string of the molecule is COc1ccc(N/C=C/C(=S)c2ccc(C(C)(C)C)cc2)cc1. The number of hydrogen-bond donors (Lipinski definition) is 1. The number of hydrogen-bond acceptors (Lipinski definition) is 3. The van der Waals surface area contributed by atoms with Gasteiger partial charge in [-0.15, -0.1) is 0 Å². The van der Waals surface area contributed by atoms with E-state index in [2.05, 4.69) is 50.4 Å². The lowest BCUT2D eigenvalue weighted by Crippen LogP contribution is -2.11. The smallest absolute Gasteiger partial charge is 0.119 e. The summed E-state index contributed by atoms with van der Waals surface area (Å²) in [6.45, 7) is 6.62. The molecule has 2 aromatic carbocycles. The van der Waals surface area contributed by atoms with Crippen molar-refractivity contribution in [2.24, 2.45) is 0 Å². The van der Waals surface area contributed by atoms with Gasteiger partial charge >= 0.3 is 0 Å². The standard InChI is InChI=1S/C20H23NOS/c1-20(2,3)16-7-5-15(6-8-16)19(23)13-14-21-17-9-11-18(22-4)12-10-17/h5-14,21H,1-4H3/b14-13+. The molecule has 2 nitrogen and oxygen atoms in total. The van der Waals surface area contributed by atoms with E-state index in [9.17, 15) is 0 Å². The molecule has 0 aliphatic heterocycles. The monoisotopic (exact) mass is 325 g/mol. The molecule has 0 aromatic heterocycles. The molecule has 0 spiro atoms. The van der Waals surface area contributed by atoms with E-state index in [-0.39, 0.29) is 5.41 Å². The van der Waals surface area contributed by atoms with Crippen molar-refractivity contribution >= 4 is 22.8 Å². The molecule has 0 saturated heterocycles. The third kappa shape index (κ3) is 4.93. The minimum absolute atomic E-state index is 0.159. The lowest BCUT2D eigenvalue weighted by molar-refractivity contribution is 0.415. The van der Waals surface area contributed by atoms with Crippen LogP contribution in [0.4, 0.5) is 5.69 Å². The number of rotatable bonds is 5. The fraction of sp³-hybridized carbons (Fsp3) is 0.250. The number of nitrogens with one attached hydrogen (secondary N) is 1. The Labute approximate surface area is 144 Å². The highest BCUT2D eigenvalue weighted by Crippen LogP contribution is 2.22. The Hall–Kier alpha value is -2.13. The highest BCUT2D eigenvalue weighted by atomic mass is 32.1. The summed E-state index contributed by atoms with van der Waals surface area (Å²) in [7, 11) is 1.66. The van der Waals surface area contributed by atoms with Gasteiger partial charge in [0, 0.05) is 16.8 Å². The second-order valence-electron chi connectivity index (χ2n) is 6.40. The largest absolute Gasteiger partial charge is 0.497 e. The fourth-order valence-electron chi connectivity index (χ4n) is 2.13. The molecule has 0 aliphatic carbocycles. The van der Waals surface area contributed by atoms with Crippen molar-refractivity contribution in [3.63, 3.8) is 0 Å². The molecule has 0 saturated carbocycles. The van der Waals surface area contributed by atoms with Crippen LogP contribution in [-0.4, -0.2) is 12.0 Å². The van der Waals surface area contributed by atoms with E-state index in [0.29, 0.717) is 0 Å². The molecule has 0 bridgehead atoms. The van der Waals surface area contributed by atoms with Crippen molar-refractivity contribution in [1.29, 1.82) is 0 Å². The van der Waals surface area contributed by atoms with E-state index in [0.717, 1.165) is 21.9 Å². The molecule has 3 heteroatoms. The van der Waals surface area contributed by atoms with Crippen molar-refractivity contribution in [3.8, 4) is 5.75 Å². The van der Waals surface area contributed by atoms with Crippen LogP contribution in [0.15, 0.2) is 60.8 Å². The van der Waals surface area contributed by atoms with Crippen LogP contribution >= 0.6 is 12.2 Å². The predicted molar refractivity (Wildman–Crippen MR) is 103 cm³/mol. The van der Waals surface area contributed by atoms with Crippen LogP contribution in [0.5, 0.6) is 5.75 Å². The predicted octanol–water partition coefficient (Wildman–Crippen LogP) is 5.34. The normalized spacial score (nSPS) is 11.5. The van der Waals surface area contributed by atoms with Gasteiger partial charge < -0.3 is 10.1 Å². The Morgan fingerprint density at radius 2 is 1.61 bits per heavy atom. The van der Waals surface area contributed by atoms with Crippen LogP contribution in [0.2, 0.25) is 0 Å². The minimum Gasteiger partial charge on any atom is -0.497 e. The first-order chi connectivity index (χ1) is 10.9. The summed E-state index contributed by atoms with van der Waals surface area (Å²) in [5, 5.41) is 3.21. The molecule has 0 amide bonds. The van der Waals surface area contributed by atoms with E-state index < -0.39 is 0 Å². The molecule has 0 atom stereocenters. The topological polar surface area (TPSA) is 21.3 Å². The van der Waals surface area contributed by atoms with Crippen molar-refractivity contribution in [2.75, 3.05) is 12.4 Å². The number of allylic oxidation sites excluding steroid dienone is 1. The highest BCUT2D eigenvalue weighted by Gasteiger charge is 2.12. The zero-order valence-corrected chi connectivity index (χ0v) is 14.9. The maximum Gasteiger partial charge on any atom is 0.119 e. The molecule has 0 unspecified atom stereocenters. The second-order valence-corrected chi connectivity index (χ2v) is 6.84. The second kappa shape index (κ2) is 7.42.